The first kappa shape index (κ1) is 39.4. The van der Waals surface area contributed by atoms with Crippen LogP contribution in [-0.2, 0) is 28.7 Å². The Kier molecular flexibility index (Phi) is 11.9. The van der Waals surface area contributed by atoms with Gasteiger partial charge in [0.2, 0.25) is 24.1 Å². The zero-order valence-corrected chi connectivity index (χ0v) is 32.4. The number of ether oxygens (including phenoxy) is 4. The molecule has 3 aromatic rings. The van der Waals surface area contributed by atoms with Crippen molar-refractivity contribution in [1.82, 2.24) is 30.5 Å². The second-order valence-electron chi connectivity index (χ2n) is 14.8. The Hall–Kier alpha value is -5.32. The fourth-order valence-electron chi connectivity index (χ4n) is 6.89. The number of fused-ring (bicyclic) bond motifs is 3. The number of benzene rings is 1. The summed E-state index contributed by atoms with van der Waals surface area (Å²) < 4.78 is 22.9. The van der Waals surface area contributed by atoms with Crippen LogP contribution < -0.4 is 25.4 Å². The largest absolute Gasteiger partial charge is 0.497 e. The quantitative estimate of drug-likeness (QED) is 0.156. The highest BCUT2D eigenvalue weighted by atomic mass is 32.1. The molecule has 294 valence electrons. The van der Waals surface area contributed by atoms with Gasteiger partial charge in [0.15, 0.2) is 10.8 Å². The maximum atomic E-state index is 14.5. The van der Waals surface area contributed by atoms with Crippen LogP contribution in [0.5, 0.6) is 11.6 Å². The van der Waals surface area contributed by atoms with Crippen LogP contribution in [0.3, 0.4) is 0 Å². The van der Waals surface area contributed by atoms with Crippen molar-refractivity contribution < 1.29 is 42.9 Å². The van der Waals surface area contributed by atoms with Crippen molar-refractivity contribution in [1.29, 1.82) is 0 Å². The molecule has 1 saturated heterocycles. The van der Waals surface area contributed by atoms with E-state index >= 15 is 0 Å². The highest BCUT2D eigenvalue weighted by Crippen LogP contribution is 2.46. The molecule has 1 aliphatic carbocycles. The fourth-order valence-corrected chi connectivity index (χ4v) is 7.55. The standard InChI is InChI=1S/C38H47N7O9S/c1-6-52-34(49)38-18-22(38)12-10-8-7-9-11-13-26(43-36(50)54-37(2,3)4)33(48)45-19-24(17-29(45)31(47)44-38)53-32-30(28-20-55-35(42-28)39-21-46)40-25-15-14-23(51-5)16-27(25)41-32/h10,12,14-16,20-22,24,26,29H,6-9,11,13,17-19H2,1-5H3,(H,43,50)(H,44,47)(H,39,42,46)/b12-10-/t22-,24+,26-,29-,38+/m0/s1. The van der Waals surface area contributed by atoms with E-state index in [0.717, 1.165) is 19.3 Å². The van der Waals surface area contributed by atoms with Crippen molar-refractivity contribution in [3.8, 4) is 23.0 Å². The summed E-state index contributed by atoms with van der Waals surface area (Å²) in [4.78, 5) is 81.9. The third kappa shape index (κ3) is 9.15. The summed E-state index contributed by atoms with van der Waals surface area (Å²) in [6.45, 7) is 7.00. The number of nitrogens with zero attached hydrogens (tertiary/aromatic N) is 4. The Morgan fingerprint density at radius 1 is 1.13 bits per heavy atom. The minimum Gasteiger partial charge on any atom is -0.497 e. The van der Waals surface area contributed by atoms with Gasteiger partial charge in [0, 0.05) is 23.8 Å². The lowest BCUT2D eigenvalue weighted by Gasteiger charge is -2.30. The Balaban J connectivity index is 1.36. The Morgan fingerprint density at radius 3 is 2.69 bits per heavy atom. The number of esters is 1. The van der Waals surface area contributed by atoms with Crippen LogP contribution in [0.2, 0.25) is 0 Å². The van der Waals surface area contributed by atoms with E-state index in [9.17, 15) is 24.0 Å². The Bertz CT molecular complexity index is 1960. The van der Waals surface area contributed by atoms with Crippen molar-refractivity contribution in [3.63, 3.8) is 0 Å². The molecular formula is C38H47N7O9S. The molecule has 55 heavy (non-hydrogen) atoms. The second-order valence-corrected chi connectivity index (χ2v) is 15.6. The zero-order chi connectivity index (χ0) is 39.3. The van der Waals surface area contributed by atoms with Gasteiger partial charge in [-0.2, -0.15) is 0 Å². The summed E-state index contributed by atoms with van der Waals surface area (Å²) in [5.74, 6) is -1.19. The van der Waals surface area contributed by atoms with Crippen molar-refractivity contribution in [2.75, 3.05) is 25.6 Å². The van der Waals surface area contributed by atoms with Gasteiger partial charge >= 0.3 is 12.1 Å². The van der Waals surface area contributed by atoms with Gasteiger partial charge < -0.3 is 39.8 Å². The average Bonchev–Trinajstić information content (AvgIpc) is 3.41. The molecule has 4 heterocycles. The maximum absolute atomic E-state index is 14.5. The van der Waals surface area contributed by atoms with Crippen LogP contribution in [0, 0.1) is 5.92 Å². The summed E-state index contributed by atoms with van der Waals surface area (Å²) in [7, 11) is 1.54. The number of hydrogen-bond donors (Lipinski definition) is 3. The molecular weight excluding hydrogens is 731 g/mol. The molecule has 0 radical (unpaired) electrons. The van der Waals surface area contributed by atoms with Crippen LogP contribution in [0.4, 0.5) is 9.93 Å². The van der Waals surface area contributed by atoms with E-state index in [2.05, 4.69) is 20.9 Å². The molecule has 3 N–H and O–H groups in total. The summed E-state index contributed by atoms with van der Waals surface area (Å²) in [6.07, 6.45) is 6.70. The van der Waals surface area contributed by atoms with Crippen LogP contribution in [0.15, 0.2) is 35.7 Å². The molecule has 3 aliphatic rings. The van der Waals surface area contributed by atoms with E-state index < -0.39 is 53.2 Å². The molecule has 2 fully saturated rings. The van der Waals surface area contributed by atoms with Crippen molar-refractivity contribution in [2.24, 2.45) is 5.92 Å². The van der Waals surface area contributed by atoms with E-state index in [1.165, 1.54) is 23.3 Å². The van der Waals surface area contributed by atoms with Gasteiger partial charge in [-0.05, 0) is 65.5 Å². The van der Waals surface area contributed by atoms with Crippen molar-refractivity contribution in [2.45, 2.75) is 102 Å². The minimum atomic E-state index is -1.26. The lowest BCUT2D eigenvalue weighted by Crippen LogP contribution is -2.56. The number of nitrogens with one attached hydrogen (secondary N) is 3. The Morgan fingerprint density at radius 2 is 1.95 bits per heavy atom. The van der Waals surface area contributed by atoms with E-state index in [1.54, 1.807) is 51.3 Å². The van der Waals surface area contributed by atoms with Gasteiger partial charge in [0.05, 0.1) is 31.3 Å². The first-order valence-corrected chi connectivity index (χ1v) is 19.4. The number of alkyl carbamates (subject to hydrolysis) is 1. The molecule has 2 aliphatic heterocycles. The third-order valence-electron chi connectivity index (χ3n) is 9.62. The van der Waals surface area contributed by atoms with Crippen LogP contribution in [0.25, 0.3) is 22.4 Å². The molecule has 5 atom stereocenters. The first-order chi connectivity index (χ1) is 26.3. The van der Waals surface area contributed by atoms with E-state index in [1.807, 2.05) is 12.2 Å². The summed E-state index contributed by atoms with van der Waals surface area (Å²) >= 11 is 1.19. The number of rotatable bonds is 9. The first-order valence-electron chi connectivity index (χ1n) is 18.5. The van der Waals surface area contributed by atoms with Gasteiger partial charge in [-0.3, -0.25) is 14.4 Å². The van der Waals surface area contributed by atoms with Crippen LogP contribution in [-0.4, -0.2) is 99.7 Å². The van der Waals surface area contributed by atoms with Gasteiger partial charge in [-0.15, -0.1) is 11.3 Å². The highest BCUT2D eigenvalue weighted by molar-refractivity contribution is 7.14. The number of carbonyl (C=O) groups excluding carboxylic acids is 5. The minimum absolute atomic E-state index is 0.0302. The number of allylic oxidation sites excluding steroid dienone is 1. The predicted molar refractivity (Wildman–Crippen MR) is 202 cm³/mol. The molecule has 0 bridgehead atoms. The van der Waals surface area contributed by atoms with Gasteiger partial charge in [-0.25, -0.2) is 24.5 Å². The zero-order valence-electron chi connectivity index (χ0n) is 31.6. The van der Waals surface area contributed by atoms with E-state index in [4.69, 9.17) is 28.9 Å². The molecule has 0 unspecified atom stereocenters. The number of methoxy groups -OCH3 is 1. The summed E-state index contributed by atoms with van der Waals surface area (Å²) in [6, 6.07) is 3.12. The van der Waals surface area contributed by atoms with Crippen LogP contribution in [0.1, 0.15) is 72.6 Å². The van der Waals surface area contributed by atoms with Gasteiger partial charge in [0.25, 0.3) is 0 Å². The molecule has 1 saturated carbocycles. The number of hydrogen-bond acceptors (Lipinski definition) is 13. The summed E-state index contributed by atoms with van der Waals surface area (Å²) in [5, 5.41) is 10.3. The molecule has 16 nitrogen and oxygen atoms in total. The lowest BCUT2D eigenvalue weighted by atomic mass is 10.0. The number of thiazole rings is 1. The fraction of sp³-hybridized carbons (Fsp3) is 0.526. The molecule has 17 heteroatoms. The van der Waals surface area contributed by atoms with E-state index in [-0.39, 0.29) is 37.1 Å². The molecule has 4 amide bonds. The average molecular weight is 778 g/mol. The number of amides is 4. The normalized spacial score (nSPS) is 24.9. The number of carbonyl (C=O) groups is 5. The van der Waals surface area contributed by atoms with Gasteiger partial charge in [-0.1, -0.05) is 25.0 Å². The smallest absolute Gasteiger partial charge is 0.408 e. The van der Waals surface area contributed by atoms with Gasteiger partial charge in [0.1, 0.15) is 40.8 Å². The number of anilines is 1. The molecule has 6 rings (SSSR count). The van der Waals surface area contributed by atoms with Crippen molar-refractivity contribution in [3.05, 3.63) is 35.7 Å². The molecule has 1 aromatic carbocycles. The third-order valence-corrected chi connectivity index (χ3v) is 10.4. The topological polar surface area (TPSA) is 200 Å². The van der Waals surface area contributed by atoms with Crippen LogP contribution >= 0.6 is 11.3 Å². The summed E-state index contributed by atoms with van der Waals surface area (Å²) in [5.41, 5.74) is -0.399. The SMILES string of the molecule is CCOC(=O)[C@@]12C[C@@H]1/C=C\CCCCC[C@H](NC(=O)OC(C)(C)C)C(=O)N1C[C@H](Oc3nc4cc(OC)ccc4nc3-c3csc(NC=O)n3)C[C@H]1C(=O)N2. The second kappa shape index (κ2) is 16.6. The maximum Gasteiger partial charge on any atom is 0.408 e. The lowest BCUT2D eigenvalue weighted by molar-refractivity contribution is -0.150. The highest BCUT2D eigenvalue weighted by Gasteiger charge is 2.62. The number of aromatic nitrogens is 3. The molecule has 2 aromatic heterocycles. The Labute approximate surface area is 322 Å². The monoisotopic (exact) mass is 777 g/mol. The van der Waals surface area contributed by atoms with Crippen molar-refractivity contribution >= 4 is 57.8 Å². The van der Waals surface area contributed by atoms with E-state index in [0.29, 0.717) is 53.3 Å². The molecule has 0 spiro atoms. The predicted octanol–water partition coefficient (Wildman–Crippen LogP) is 4.53.